The van der Waals surface area contributed by atoms with Gasteiger partial charge in [0.25, 0.3) is 0 Å². The van der Waals surface area contributed by atoms with Gasteiger partial charge < -0.3 is 15.6 Å². The van der Waals surface area contributed by atoms with Gasteiger partial charge in [0.1, 0.15) is 5.52 Å². The van der Waals surface area contributed by atoms with Crippen LogP contribution in [0.5, 0.6) is 0 Å². The van der Waals surface area contributed by atoms with Crippen molar-refractivity contribution in [3.8, 4) is 0 Å². The van der Waals surface area contributed by atoms with Gasteiger partial charge in [-0.25, -0.2) is 9.97 Å². The highest BCUT2D eigenvalue weighted by molar-refractivity contribution is 5.85. The van der Waals surface area contributed by atoms with Gasteiger partial charge >= 0.3 is 0 Å². The maximum absolute atomic E-state index is 6.18. The van der Waals surface area contributed by atoms with Crippen LogP contribution in [-0.2, 0) is 7.05 Å². The Morgan fingerprint density at radius 2 is 2.21 bits per heavy atom. The van der Waals surface area contributed by atoms with Crippen molar-refractivity contribution in [2.75, 3.05) is 11.9 Å². The average Bonchev–Trinajstić information content (AvgIpc) is 2.81. The Kier molecular flexibility index (Phi) is 3.38. The predicted octanol–water partition coefficient (Wildman–Crippen LogP) is 1.90. The van der Waals surface area contributed by atoms with Crippen LogP contribution in [0.3, 0.4) is 0 Å². The molecule has 2 atom stereocenters. The first-order chi connectivity index (χ1) is 9.25. The lowest BCUT2D eigenvalue weighted by atomic mass is 9.85. The van der Waals surface area contributed by atoms with Crippen LogP contribution in [0.1, 0.15) is 25.7 Å². The molecule has 0 aromatic carbocycles. The number of nitrogens with zero attached hydrogens (tertiary/aromatic N) is 3. The Balaban J connectivity index is 1.74. The topological polar surface area (TPSA) is 68.8 Å². The molecule has 0 radical (unpaired) electrons. The van der Waals surface area contributed by atoms with E-state index in [4.69, 9.17) is 5.73 Å². The molecular weight excluding hydrogens is 238 g/mol. The lowest BCUT2D eigenvalue weighted by molar-refractivity contribution is 0.321. The number of anilines is 1. The molecular formula is C14H21N5. The monoisotopic (exact) mass is 259 g/mol. The van der Waals surface area contributed by atoms with Crippen LogP contribution >= 0.6 is 0 Å². The fourth-order valence-corrected chi connectivity index (χ4v) is 2.91. The third-order valence-electron chi connectivity index (χ3n) is 4.14. The molecule has 5 heteroatoms. The second-order valence-corrected chi connectivity index (χ2v) is 5.47. The maximum Gasteiger partial charge on any atom is 0.154 e. The molecule has 19 heavy (non-hydrogen) atoms. The molecule has 1 saturated carbocycles. The third kappa shape index (κ3) is 2.42. The molecule has 1 aliphatic rings. The Labute approximate surface area is 113 Å². The zero-order valence-electron chi connectivity index (χ0n) is 11.3. The summed E-state index contributed by atoms with van der Waals surface area (Å²) in [5.74, 6) is 1.42. The Hall–Kier alpha value is -1.62. The van der Waals surface area contributed by atoms with Gasteiger partial charge in [0.05, 0.1) is 11.8 Å². The zero-order chi connectivity index (χ0) is 13.2. The van der Waals surface area contributed by atoms with Crippen molar-refractivity contribution in [1.82, 2.24) is 14.5 Å². The van der Waals surface area contributed by atoms with E-state index in [1.165, 1.54) is 19.3 Å². The van der Waals surface area contributed by atoms with Gasteiger partial charge in [-0.1, -0.05) is 12.8 Å². The zero-order valence-corrected chi connectivity index (χ0v) is 11.3. The number of hydrogen-bond acceptors (Lipinski definition) is 4. The second-order valence-electron chi connectivity index (χ2n) is 5.47. The quantitative estimate of drug-likeness (QED) is 0.883. The van der Waals surface area contributed by atoms with Crippen LogP contribution in [-0.4, -0.2) is 27.1 Å². The Bertz CT molecular complexity index is 562. The number of nitrogens with one attached hydrogen (secondary N) is 1. The molecule has 2 unspecified atom stereocenters. The smallest absolute Gasteiger partial charge is 0.154 e. The minimum atomic E-state index is 0.323. The molecule has 102 valence electrons. The second kappa shape index (κ2) is 5.17. The number of aryl methyl sites for hydroxylation is 1. The molecule has 1 aliphatic carbocycles. The minimum Gasteiger partial charge on any atom is -0.368 e. The van der Waals surface area contributed by atoms with Crippen molar-refractivity contribution in [3.63, 3.8) is 0 Å². The van der Waals surface area contributed by atoms with Gasteiger partial charge in [0, 0.05) is 25.8 Å². The summed E-state index contributed by atoms with van der Waals surface area (Å²) in [4.78, 5) is 8.81. The summed E-state index contributed by atoms with van der Waals surface area (Å²) in [6, 6.07) is 2.31. The van der Waals surface area contributed by atoms with E-state index in [1.54, 1.807) is 0 Å². The number of nitrogens with two attached hydrogens (primary N) is 1. The van der Waals surface area contributed by atoms with Gasteiger partial charge in [-0.15, -0.1) is 0 Å². The third-order valence-corrected chi connectivity index (χ3v) is 4.14. The van der Waals surface area contributed by atoms with E-state index in [-0.39, 0.29) is 0 Å². The van der Waals surface area contributed by atoms with Crippen molar-refractivity contribution < 1.29 is 0 Å². The lowest BCUT2D eigenvalue weighted by Gasteiger charge is -2.28. The van der Waals surface area contributed by atoms with E-state index in [0.29, 0.717) is 12.0 Å². The summed E-state index contributed by atoms with van der Waals surface area (Å²) in [7, 11) is 2.00. The van der Waals surface area contributed by atoms with E-state index < -0.39 is 0 Å². The van der Waals surface area contributed by atoms with Gasteiger partial charge in [-0.3, -0.25) is 0 Å². The minimum absolute atomic E-state index is 0.323. The Morgan fingerprint density at radius 3 is 3.05 bits per heavy atom. The van der Waals surface area contributed by atoms with E-state index in [0.717, 1.165) is 29.8 Å². The normalized spacial score (nSPS) is 23.7. The Morgan fingerprint density at radius 1 is 1.37 bits per heavy atom. The predicted molar refractivity (Wildman–Crippen MR) is 76.9 cm³/mol. The number of aromatic nitrogens is 3. The molecule has 2 heterocycles. The summed E-state index contributed by atoms with van der Waals surface area (Å²) in [5, 5.41) is 3.43. The highest BCUT2D eigenvalue weighted by atomic mass is 15.1. The summed E-state index contributed by atoms with van der Waals surface area (Å²) in [5.41, 5.74) is 8.22. The van der Waals surface area contributed by atoms with Crippen molar-refractivity contribution >= 4 is 16.9 Å². The van der Waals surface area contributed by atoms with Crippen molar-refractivity contribution in [1.29, 1.82) is 0 Å². The number of pyridine rings is 1. The molecule has 2 aromatic rings. The number of imidazole rings is 1. The first-order valence-corrected chi connectivity index (χ1v) is 7.01. The van der Waals surface area contributed by atoms with Gasteiger partial charge in [-0.2, -0.15) is 0 Å². The number of hydrogen-bond donors (Lipinski definition) is 2. The molecule has 0 amide bonds. The summed E-state index contributed by atoms with van der Waals surface area (Å²) in [6.45, 7) is 0.893. The fraction of sp³-hybridized carbons (Fsp3) is 0.571. The summed E-state index contributed by atoms with van der Waals surface area (Å²) >= 11 is 0. The van der Waals surface area contributed by atoms with Crippen LogP contribution in [0.2, 0.25) is 0 Å². The lowest BCUT2D eigenvalue weighted by Crippen LogP contribution is -2.37. The maximum atomic E-state index is 6.18. The SMILES string of the molecule is Cn1cnc2c(NCC3CCCCC3N)nccc21. The van der Waals surface area contributed by atoms with Gasteiger partial charge in [0.15, 0.2) is 5.82 Å². The van der Waals surface area contributed by atoms with Crippen LogP contribution in [0.15, 0.2) is 18.6 Å². The van der Waals surface area contributed by atoms with E-state index >= 15 is 0 Å². The van der Waals surface area contributed by atoms with Crippen LogP contribution in [0, 0.1) is 5.92 Å². The molecule has 1 fully saturated rings. The van der Waals surface area contributed by atoms with E-state index in [2.05, 4.69) is 15.3 Å². The van der Waals surface area contributed by atoms with Gasteiger partial charge in [-0.05, 0) is 24.8 Å². The molecule has 5 nitrogen and oxygen atoms in total. The van der Waals surface area contributed by atoms with E-state index in [9.17, 15) is 0 Å². The van der Waals surface area contributed by atoms with Gasteiger partial charge in [0.2, 0.25) is 0 Å². The highest BCUT2D eigenvalue weighted by Crippen LogP contribution is 2.24. The van der Waals surface area contributed by atoms with E-state index in [1.807, 2.05) is 30.2 Å². The molecule has 2 aromatic heterocycles. The molecule has 3 N–H and O–H groups in total. The molecule has 3 rings (SSSR count). The highest BCUT2D eigenvalue weighted by Gasteiger charge is 2.21. The number of fused-ring (bicyclic) bond motifs is 1. The molecule has 0 spiro atoms. The average molecular weight is 259 g/mol. The van der Waals surface area contributed by atoms with Crippen LogP contribution < -0.4 is 11.1 Å². The summed E-state index contributed by atoms with van der Waals surface area (Å²) < 4.78 is 2.01. The van der Waals surface area contributed by atoms with Crippen molar-refractivity contribution in [2.45, 2.75) is 31.7 Å². The van der Waals surface area contributed by atoms with Crippen LogP contribution in [0.25, 0.3) is 11.0 Å². The fourth-order valence-electron chi connectivity index (χ4n) is 2.91. The molecule has 0 saturated heterocycles. The van der Waals surface area contributed by atoms with Crippen molar-refractivity contribution in [2.24, 2.45) is 18.7 Å². The summed E-state index contributed by atoms with van der Waals surface area (Å²) in [6.07, 6.45) is 8.57. The first kappa shape index (κ1) is 12.4. The largest absolute Gasteiger partial charge is 0.368 e. The van der Waals surface area contributed by atoms with Crippen LogP contribution in [0.4, 0.5) is 5.82 Å². The number of rotatable bonds is 3. The standard InChI is InChI=1S/C14H21N5/c1-19-9-18-13-12(19)6-7-16-14(13)17-8-10-4-2-3-5-11(10)15/h6-7,9-11H,2-5,8,15H2,1H3,(H,16,17). The van der Waals surface area contributed by atoms with Crippen molar-refractivity contribution in [3.05, 3.63) is 18.6 Å². The molecule has 0 bridgehead atoms. The molecule has 0 aliphatic heterocycles. The first-order valence-electron chi connectivity index (χ1n) is 7.01.